The number of carbonyl (C=O) groups is 4. The maximum absolute atomic E-state index is 13.7. The summed E-state index contributed by atoms with van der Waals surface area (Å²) < 4.78 is 35.3. The third kappa shape index (κ3) is 8.02. The number of amides is 4. The Morgan fingerprint density at radius 3 is 2.50 bits per heavy atom. The summed E-state index contributed by atoms with van der Waals surface area (Å²) in [5, 5.41) is 5.50. The van der Waals surface area contributed by atoms with Crippen molar-refractivity contribution >= 4 is 39.7 Å². The predicted molar refractivity (Wildman–Crippen MR) is 156 cm³/mol. The maximum Gasteiger partial charge on any atom is 0.408 e. The van der Waals surface area contributed by atoms with Crippen LogP contribution in [0, 0.1) is 5.92 Å². The van der Waals surface area contributed by atoms with Gasteiger partial charge in [0.05, 0.1) is 5.69 Å². The zero-order valence-electron chi connectivity index (χ0n) is 24.4. The zero-order chi connectivity index (χ0) is 30.5. The summed E-state index contributed by atoms with van der Waals surface area (Å²) in [4.78, 5) is 54.7. The van der Waals surface area contributed by atoms with Crippen molar-refractivity contribution in [1.82, 2.24) is 20.3 Å². The molecule has 1 aliphatic carbocycles. The van der Waals surface area contributed by atoms with E-state index in [9.17, 15) is 27.6 Å². The van der Waals surface area contributed by atoms with Crippen LogP contribution in [0.15, 0.2) is 42.5 Å². The Balaban J connectivity index is 1.53. The number of nitrogens with one attached hydrogen (secondary N) is 4. The molecule has 1 aromatic carbocycles. The summed E-state index contributed by atoms with van der Waals surface area (Å²) in [7, 11) is -4.28. The monoisotopic (exact) mass is 603 g/mol. The van der Waals surface area contributed by atoms with Crippen molar-refractivity contribution in [3.05, 3.63) is 42.5 Å². The lowest BCUT2D eigenvalue weighted by Crippen LogP contribution is -2.58. The molecule has 2 fully saturated rings. The lowest BCUT2D eigenvalue weighted by Gasteiger charge is -2.30. The van der Waals surface area contributed by atoms with Crippen molar-refractivity contribution in [2.24, 2.45) is 5.92 Å². The van der Waals surface area contributed by atoms with Gasteiger partial charge in [0, 0.05) is 12.5 Å². The van der Waals surface area contributed by atoms with Crippen LogP contribution in [-0.4, -0.2) is 66.9 Å². The molecule has 0 bridgehead atoms. The molecular formula is C29H41N5O7S. The average Bonchev–Trinajstić information content (AvgIpc) is 3.35. The molecule has 1 saturated heterocycles. The predicted octanol–water partition coefficient (Wildman–Crippen LogP) is 2.74. The number of ether oxygens (including phenoxy) is 1. The van der Waals surface area contributed by atoms with E-state index in [0.717, 1.165) is 12.8 Å². The molecule has 12 nitrogen and oxygen atoms in total. The van der Waals surface area contributed by atoms with Crippen molar-refractivity contribution in [2.75, 3.05) is 11.3 Å². The van der Waals surface area contributed by atoms with Crippen molar-refractivity contribution in [1.29, 1.82) is 0 Å². The number of hydrogen-bond donors (Lipinski definition) is 4. The van der Waals surface area contributed by atoms with E-state index in [1.54, 1.807) is 51.1 Å². The lowest BCUT2D eigenvalue weighted by atomic mass is 10.0. The minimum atomic E-state index is -4.28. The van der Waals surface area contributed by atoms with E-state index < -0.39 is 57.3 Å². The molecule has 0 spiro atoms. The normalized spacial score (nSPS) is 26.9. The first-order valence-electron chi connectivity index (χ1n) is 14.5. The standard InChI is InChI=1S/C29H41N5O7S/c1-28(2,3)41-27(38)30-22-16-11-6-4-5-8-13-20-19-29(20,31-24(35)23-17-12-18-34(23)25(22)36)26(37)33-42(39,40)32-21-14-9-7-10-15-21/h7-10,13-15,20,22-23,32H,4-6,11-12,16-19H2,1-3H3,(H,30,38)(H,31,35)(H,33,37)/t20-,22+,23+,29-/m1/s1. The molecule has 4 atom stereocenters. The molecule has 4 N–H and O–H groups in total. The highest BCUT2D eigenvalue weighted by molar-refractivity contribution is 7.91. The van der Waals surface area contributed by atoms with Gasteiger partial charge >= 0.3 is 16.3 Å². The highest BCUT2D eigenvalue weighted by Gasteiger charge is 2.61. The SMILES string of the molecule is CC(C)(C)OC(=O)N[C@H]1CCCCCC=C[C@@H]2C[C@@]2(C(=O)NS(=O)(=O)Nc2ccccc2)NC(=O)[C@@H]2CCCN2C1=O. The highest BCUT2D eigenvalue weighted by Crippen LogP contribution is 2.45. The van der Waals surface area contributed by atoms with Gasteiger partial charge in [0.15, 0.2) is 0 Å². The topological polar surface area (TPSA) is 163 Å². The van der Waals surface area contributed by atoms with E-state index in [0.29, 0.717) is 38.6 Å². The van der Waals surface area contributed by atoms with Crippen molar-refractivity contribution in [2.45, 2.75) is 95.4 Å². The van der Waals surface area contributed by atoms with Gasteiger partial charge in [-0.15, -0.1) is 0 Å². The third-order valence-corrected chi connectivity index (χ3v) is 8.54. The van der Waals surface area contributed by atoms with Gasteiger partial charge in [-0.1, -0.05) is 43.2 Å². The molecule has 4 rings (SSSR count). The highest BCUT2D eigenvalue weighted by atomic mass is 32.2. The first kappa shape index (κ1) is 31.3. The van der Waals surface area contributed by atoms with E-state index in [1.165, 1.54) is 4.90 Å². The Bertz CT molecular complexity index is 1310. The molecule has 0 unspecified atom stereocenters. The van der Waals surface area contributed by atoms with E-state index in [1.807, 2.05) is 12.2 Å². The fourth-order valence-corrected chi connectivity index (χ4v) is 6.37. The van der Waals surface area contributed by atoms with E-state index in [2.05, 4.69) is 20.1 Å². The lowest BCUT2D eigenvalue weighted by molar-refractivity contribution is -0.141. The second kappa shape index (κ2) is 12.7. The fraction of sp³-hybridized carbons (Fsp3) is 0.586. The molecular weight excluding hydrogens is 562 g/mol. The van der Waals surface area contributed by atoms with Gasteiger partial charge in [-0.2, -0.15) is 8.42 Å². The molecule has 13 heteroatoms. The van der Waals surface area contributed by atoms with Gasteiger partial charge in [-0.3, -0.25) is 19.1 Å². The molecule has 230 valence electrons. The summed E-state index contributed by atoms with van der Waals surface area (Å²) in [5.74, 6) is -2.16. The van der Waals surface area contributed by atoms with E-state index in [4.69, 9.17) is 4.74 Å². The van der Waals surface area contributed by atoms with Crippen LogP contribution < -0.4 is 20.1 Å². The van der Waals surface area contributed by atoms with E-state index in [-0.39, 0.29) is 18.0 Å². The minimum Gasteiger partial charge on any atom is -0.444 e. The second-order valence-corrected chi connectivity index (χ2v) is 13.5. The molecule has 3 aliphatic rings. The number of hydrogen-bond acceptors (Lipinski definition) is 7. The van der Waals surface area contributed by atoms with Gasteiger partial charge in [-0.25, -0.2) is 9.52 Å². The summed E-state index contributed by atoms with van der Waals surface area (Å²) in [6.07, 6.45) is 7.68. The Hall–Kier alpha value is -3.61. The summed E-state index contributed by atoms with van der Waals surface area (Å²) >= 11 is 0. The number of fused-ring (bicyclic) bond motifs is 2. The third-order valence-electron chi connectivity index (χ3n) is 7.58. The van der Waals surface area contributed by atoms with Gasteiger partial charge < -0.3 is 20.3 Å². The van der Waals surface area contributed by atoms with Crippen molar-refractivity contribution < 1.29 is 32.3 Å². The van der Waals surface area contributed by atoms with Crippen molar-refractivity contribution in [3.8, 4) is 0 Å². The minimum absolute atomic E-state index is 0.228. The molecule has 1 saturated carbocycles. The summed E-state index contributed by atoms with van der Waals surface area (Å²) in [5.41, 5.74) is -1.93. The Morgan fingerprint density at radius 2 is 1.79 bits per heavy atom. The van der Waals surface area contributed by atoms with Gasteiger partial charge in [0.25, 0.3) is 5.91 Å². The van der Waals surface area contributed by atoms with Crippen molar-refractivity contribution in [3.63, 3.8) is 0 Å². The molecule has 0 aromatic heterocycles. The molecule has 1 aromatic rings. The van der Waals surface area contributed by atoms with Crippen LogP contribution >= 0.6 is 0 Å². The van der Waals surface area contributed by atoms with Crippen LogP contribution in [0.25, 0.3) is 0 Å². The van der Waals surface area contributed by atoms with Crippen LogP contribution in [0.5, 0.6) is 0 Å². The zero-order valence-corrected chi connectivity index (χ0v) is 25.2. The molecule has 0 radical (unpaired) electrons. The van der Waals surface area contributed by atoms with E-state index >= 15 is 0 Å². The molecule has 2 aliphatic heterocycles. The number of rotatable bonds is 5. The number of anilines is 1. The van der Waals surface area contributed by atoms with Gasteiger partial charge in [0.1, 0.15) is 23.2 Å². The Kier molecular flexibility index (Phi) is 9.49. The number of carbonyl (C=O) groups excluding carboxylic acids is 4. The van der Waals surface area contributed by atoms with Crippen LogP contribution in [-0.2, 0) is 29.3 Å². The summed E-state index contributed by atoms with van der Waals surface area (Å²) in [6, 6.07) is 6.41. The maximum atomic E-state index is 13.7. The Labute approximate surface area is 247 Å². The first-order valence-corrected chi connectivity index (χ1v) is 16.0. The van der Waals surface area contributed by atoms with Crippen LogP contribution in [0.2, 0.25) is 0 Å². The molecule has 2 heterocycles. The number of alkyl carbamates (subject to hydrolysis) is 1. The largest absolute Gasteiger partial charge is 0.444 e. The quantitative estimate of drug-likeness (QED) is 0.376. The van der Waals surface area contributed by atoms with Gasteiger partial charge in [0.2, 0.25) is 11.8 Å². The average molecular weight is 604 g/mol. The van der Waals surface area contributed by atoms with Gasteiger partial charge in [-0.05, 0) is 71.4 Å². The van der Waals surface area contributed by atoms with Crippen LogP contribution in [0.3, 0.4) is 0 Å². The number of nitrogens with zero attached hydrogens (tertiary/aromatic N) is 1. The molecule has 42 heavy (non-hydrogen) atoms. The Morgan fingerprint density at radius 1 is 1.05 bits per heavy atom. The van der Waals surface area contributed by atoms with Crippen LogP contribution in [0.1, 0.15) is 72.1 Å². The number of benzene rings is 1. The first-order chi connectivity index (χ1) is 19.8. The summed E-state index contributed by atoms with van der Waals surface area (Å²) in [6.45, 7) is 5.53. The second-order valence-electron chi connectivity index (χ2n) is 12.1. The number of allylic oxidation sites excluding steroid dienone is 1. The van der Waals surface area contributed by atoms with Crippen LogP contribution in [0.4, 0.5) is 10.5 Å². The fourth-order valence-electron chi connectivity index (χ4n) is 5.44. The molecule has 4 amide bonds. The smallest absolute Gasteiger partial charge is 0.408 e. The number of para-hydroxylation sites is 1.